The molecular formula is C34H48ClN3O9. The molecule has 1 aromatic carbocycles. The Hall–Kier alpha value is -3.16. The SMILES string of the molecule is CCN(C)[C@@H](C)C(=O)O[C@H]1CC(=O)N(C)c2cc(cc(OC)c2Cl)C/C(C)=C/C=C/[C@@H](OC)[C@@]2(O)CC(OC(=O)N2)[C@@H](C)C2OC21C. The third-order valence-corrected chi connectivity index (χ3v) is 10.1. The second kappa shape index (κ2) is 14.5. The number of hydrogen-bond donors (Lipinski definition) is 2. The van der Waals surface area contributed by atoms with E-state index in [-0.39, 0.29) is 23.8 Å². The van der Waals surface area contributed by atoms with Crippen LogP contribution >= 0.6 is 11.6 Å². The number of likely N-dealkylation sites (N-methyl/N-ethyl adjacent to an activating group) is 1. The molecule has 0 saturated carbocycles. The van der Waals surface area contributed by atoms with Gasteiger partial charge in [0, 0.05) is 26.5 Å². The van der Waals surface area contributed by atoms with Gasteiger partial charge in [-0.1, -0.05) is 49.2 Å². The molecule has 4 bridgehead atoms. The van der Waals surface area contributed by atoms with Crippen LogP contribution in [-0.4, -0.2) is 105 Å². The number of halogens is 1. The number of hydrogen-bond acceptors (Lipinski definition) is 10. The maximum Gasteiger partial charge on any atom is 0.409 e. The standard InChI is InChI=1S/C34H48ClN3O9/c1-10-37(6)21(4)31(40)46-27-17-28(39)38(7)23-15-22(16-24(43-8)29(23)35)14-19(2)12-11-13-26(44-9)34(42)18-25(45-32(41)36-34)20(3)30-33(27,5)47-30/h11-13,15-16,20-21,25-27,30,42H,10,14,17-18H2,1-9H3,(H,36,41)/b13-11+,19-12+/t20-,21+,25?,26-,27+,30?,33?,34+/m1/s1. The van der Waals surface area contributed by atoms with Crippen LogP contribution in [0.25, 0.3) is 0 Å². The fourth-order valence-corrected chi connectivity index (χ4v) is 6.61. The predicted octanol–water partition coefficient (Wildman–Crippen LogP) is 4.01. The Kier molecular flexibility index (Phi) is 11.3. The molecule has 4 rings (SSSR count). The number of alkyl carbamates (subject to hydrolysis) is 1. The number of esters is 1. The Bertz CT molecular complexity index is 1420. The van der Waals surface area contributed by atoms with Crippen LogP contribution in [0.1, 0.15) is 53.0 Å². The highest BCUT2D eigenvalue weighted by Gasteiger charge is 2.64. The molecule has 0 aromatic heterocycles. The van der Waals surface area contributed by atoms with Crippen molar-refractivity contribution in [2.24, 2.45) is 5.92 Å². The van der Waals surface area contributed by atoms with Gasteiger partial charge in [-0.3, -0.25) is 19.8 Å². The van der Waals surface area contributed by atoms with E-state index in [1.165, 1.54) is 19.1 Å². The van der Waals surface area contributed by atoms with E-state index >= 15 is 0 Å². The molecule has 0 radical (unpaired) electrons. The van der Waals surface area contributed by atoms with Gasteiger partial charge in [-0.2, -0.15) is 0 Å². The summed E-state index contributed by atoms with van der Waals surface area (Å²) in [6, 6.07) is 3.07. The number of nitrogens with one attached hydrogen (secondary N) is 1. The number of fused-ring (bicyclic) bond motifs is 5. The molecule has 1 aromatic rings. The van der Waals surface area contributed by atoms with E-state index in [1.807, 2.05) is 50.9 Å². The summed E-state index contributed by atoms with van der Waals surface area (Å²) in [5.74, 6) is -0.910. The first-order valence-electron chi connectivity index (χ1n) is 15.9. The number of epoxide rings is 1. The number of allylic oxidation sites excluding steroid dienone is 3. The normalized spacial score (nSPS) is 33.9. The van der Waals surface area contributed by atoms with Crippen LogP contribution in [0, 0.1) is 5.92 Å². The number of benzene rings is 1. The first-order chi connectivity index (χ1) is 22.1. The van der Waals surface area contributed by atoms with Gasteiger partial charge in [-0.15, -0.1) is 0 Å². The molecule has 0 aliphatic carbocycles. The van der Waals surface area contributed by atoms with E-state index in [9.17, 15) is 19.5 Å². The third kappa shape index (κ3) is 7.78. The van der Waals surface area contributed by atoms with Gasteiger partial charge in [0.2, 0.25) is 5.91 Å². The van der Waals surface area contributed by atoms with Gasteiger partial charge in [0.25, 0.3) is 0 Å². The fraction of sp³-hybridized carbons (Fsp3) is 0.618. The number of carbonyl (C=O) groups is 3. The number of rotatable bonds is 6. The molecule has 3 aliphatic heterocycles. The molecule has 8 atom stereocenters. The minimum Gasteiger partial charge on any atom is -0.495 e. The summed E-state index contributed by atoms with van der Waals surface area (Å²) in [6.07, 6.45) is 1.54. The summed E-state index contributed by atoms with van der Waals surface area (Å²) in [7, 11) is 6.38. The molecule has 2 saturated heterocycles. The van der Waals surface area contributed by atoms with Crippen LogP contribution in [0.5, 0.6) is 5.75 Å². The lowest BCUT2D eigenvalue weighted by Gasteiger charge is -2.42. The molecule has 12 nitrogen and oxygen atoms in total. The van der Waals surface area contributed by atoms with Gasteiger partial charge in [-0.05, 0) is 58.5 Å². The van der Waals surface area contributed by atoms with E-state index in [0.717, 1.165) is 11.1 Å². The molecule has 260 valence electrons. The van der Waals surface area contributed by atoms with Gasteiger partial charge < -0.3 is 33.7 Å². The highest BCUT2D eigenvalue weighted by atomic mass is 35.5. The highest BCUT2D eigenvalue weighted by molar-refractivity contribution is 6.35. The Morgan fingerprint density at radius 3 is 2.64 bits per heavy atom. The Balaban J connectivity index is 1.79. The first-order valence-corrected chi connectivity index (χ1v) is 16.3. The van der Waals surface area contributed by atoms with Gasteiger partial charge in [0.1, 0.15) is 40.7 Å². The molecule has 3 heterocycles. The molecule has 2 N–H and O–H groups in total. The van der Waals surface area contributed by atoms with Crippen molar-refractivity contribution in [2.75, 3.05) is 39.8 Å². The molecule has 2 fully saturated rings. The van der Waals surface area contributed by atoms with Crippen LogP contribution in [0.15, 0.2) is 35.9 Å². The lowest BCUT2D eigenvalue weighted by Crippen LogP contribution is -2.63. The van der Waals surface area contributed by atoms with E-state index in [1.54, 1.807) is 33.0 Å². The summed E-state index contributed by atoms with van der Waals surface area (Å²) in [6.45, 7) is 9.84. The maximum atomic E-state index is 14.0. The molecule has 2 amide bonds. The molecule has 3 aliphatic rings. The third-order valence-electron chi connectivity index (χ3n) is 9.71. The van der Waals surface area contributed by atoms with Crippen LogP contribution in [-0.2, 0) is 35.0 Å². The molecule has 47 heavy (non-hydrogen) atoms. The monoisotopic (exact) mass is 677 g/mol. The summed E-state index contributed by atoms with van der Waals surface area (Å²) in [5, 5.41) is 14.5. The molecule has 13 heteroatoms. The van der Waals surface area contributed by atoms with Gasteiger partial charge in [-0.25, -0.2) is 4.79 Å². The zero-order valence-corrected chi connectivity index (χ0v) is 29.4. The average Bonchev–Trinajstić information content (AvgIpc) is 3.73. The van der Waals surface area contributed by atoms with Crippen LogP contribution in [0.3, 0.4) is 0 Å². The lowest BCUT2D eigenvalue weighted by molar-refractivity contribution is -0.158. The summed E-state index contributed by atoms with van der Waals surface area (Å²) >= 11 is 6.73. The molecular weight excluding hydrogens is 630 g/mol. The van der Waals surface area contributed by atoms with Crippen LogP contribution < -0.4 is 15.0 Å². The molecule has 0 spiro atoms. The first kappa shape index (κ1) is 36.7. The van der Waals surface area contributed by atoms with E-state index in [0.29, 0.717) is 24.4 Å². The van der Waals surface area contributed by atoms with Crippen molar-refractivity contribution in [1.29, 1.82) is 0 Å². The van der Waals surface area contributed by atoms with Crippen molar-refractivity contribution in [2.45, 2.75) is 95.7 Å². The Morgan fingerprint density at radius 1 is 1.30 bits per heavy atom. The second-order valence-electron chi connectivity index (χ2n) is 13.0. The van der Waals surface area contributed by atoms with E-state index < -0.39 is 59.8 Å². The number of anilines is 1. The maximum absolute atomic E-state index is 14.0. The summed E-state index contributed by atoms with van der Waals surface area (Å²) < 4.78 is 29.1. The number of methoxy groups -OCH3 is 2. The summed E-state index contributed by atoms with van der Waals surface area (Å²) in [4.78, 5) is 43.4. The Morgan fingerprint density at radius 2 is 2.00 bits per heavy atom. The highest BCUT2D eigenvalue weighted by Crippen LogP contribution is 2.49. The average molecular weight is 678 g/mol. The quantitative estimate of drug-likeness (QED) is 0.335. The smallest absolute Gasteiger partial charge is 0.409 e. The summed E-state index contributed by atoms with van der Waals surface area (Å²) in [5.41, 5.74) is -0.640. The number of aliphatic hydroxyl groups is 1. The zero-order valence-electron chi connectivity index (χ0n) is 28.7. The zero-order chi connectivity index (χ0) is 34.8. The van der Waals surface area contributed by atoms with Crippen molar-refractivity contribution in [3.05, 3.63) is 46.5 Å². The van der Waals surface area contributed by atoms with Gasteiger partial charge in [0.05, 0.1) is 25.3 Å². The van der Waals surface area contributed by atoms with Gasteiger partial charge in [0.15, 0.2) is 5.72 Å². The lowest BCUT2D eigenvalue weighted by atomic mass is 9.83. The minimum absolute atomic E-state index is 0.00400. The van der Waals surface area contributed by atoms with Crippen molar-refractivity contribution >= 4 is 35.3 Å². The minimum atomic E-state index is -1.78. The largest absolute Gasteiger partial charge is 0.495 e. The second-order valence-corrected chi connectivity index (χ2v) is 13.4. The van der Waals surface area contributed by atoms with Crippen molar-refractivity contribution in [3.8, 4) is 5.75 Å². The van der Waals surface area contributed by atoms with Crippen LogP contribution in [0.2, 0.25) is 5.02 Å². The number of nitrogens with zero attached hydrogens (tertiary/aromatic N) is 2. The van der Waals surface area contributed by atoms with E-state index in [2.05, 4.69) is 5.32 Å². The topological polar surface area (TPSA) is 139 Å². The van der Waals surface area contributed by atoms with E-state index in [4.69, 9.17) is 35.3 Å². The number of amides is 2. The van der Waals surface area contributed by atoms with Crippen molar-refractivity contribution < 1.29 is 43.2 Å². The van der Waals surface area contributed by atoms with Crippen molar-refractivity contribution in [1.82, 2.24) is 10.2 Å². The fourth-order valence-electron chi connectivity index (χ4n) is 6.30. The predicted molar refractivity (Wildman–Crippen MR) is 176 cm³/mol. The Labute approximate surface area is 281 Å². The van der Waals surface area contributed by atoms with Crippen LogP contribution in [0.4, 0.5) is 10.5 Å². The number of ether oxygens (including phenoxy) is 5. The molecule has 3 unspecified atom stereocenters. The van der Waals surface area contributed by atoms with Crippen molar-refractivity contribution in [3.63, 3.8) is 0 Å². The number of carbonyl (C=O) groups excluding carboxylic acids is 3. The van der Waals surface area contributed by atoms with Gasteiger partial charge >= 0.3 is 12.1 Å².